The van der Waals surface area contributed by atoms with E-state index in [1.54, 1.807) is 0 Å². The summed E-state index contributed by atoms with van der Waals surface area (Å²) in [7, 11) is 0. The molecule has 0 aliphatic rings. The van der Waals surface area contributed by atoms with Gasteiger partial charge in [-0.3, -0.25) is 0 Å². The predicted octanol–water partition coefficient (Wildman–Crippen LogP) is 15.7. The minimum atomic E-state index is -0.0375. The molecular formula is C51H47ClN2O. The van der Waals surface area contributed by atoms with E-state index < -0.39 is 0 Å². The summed E-state index contributed by atoms with van der Waals surface area (Å²) in [4.78, 5) is 4.75. The molecule has 55 heavy (non-hydrogen) atoms. The molecule has 8 aromatic rings. The molecule has 0 saturated heterocycles. The fourth-order valence-corrected chi connectivity index (χ4v) is 7.76. The first-order valence-corrected chi connectivity index (χ1v) is 19.4. The Hall–Kier alpha value is -5.77. The van der Waals surface area contributed by atoms with Crippen LogP contribution in [-0.2, 0) is 10.8 Å². The van der Waals surface area contributed by atoms with Crippen LogP contribution in [0.5, 0.6) is 0 Å². The lowest BCUT2D eigenvalue weighted by Crippen LogP contribution is -2.17. The van der Waals surface area contributed by atoms with Gasteiger partial charge in [0.15, 0.2) is 0 Å². The predicted molar refractivity (Wildman–Crippen MR) is 236 cm³/mol. The highest BCUT2D eigenvalue weighted by molar-refractivity contribution is 6.31. The van der Waals surface area contributed by atoms with Gasteiger partial charge in [0.1, 0.15) is 11.2 Å². The van der Waals surface area contributed by atoms with Crippen molar-refractivity contribution in [3.05, 3.63) is 179 Å². The third-order valence-electron chi connectivity index (χ3n) is 10.4. The van der Waals surface area contributed by atoms with Gasteiger partial charge in [-0.2, -0.15) is 0 Å². The summed E-state index contributed by atoms with van der Waals surface area (Å²) < 4.78 is 6.45. The lowest BCUT2D eigenvalue weighted by Gasteiger charge is -2.32. The maximum Gasteiger partial charge on any atom is 0.137 e. The number of furan rings is 1. The minimum absolute atomic E-state index is 0.0280. The average molecular weight is 739 g/mol. The van der Waals surface area contributed by atoms with Crippen LogP contribution in [0.1, 0.15) is 58.2 Å². The van der Waals surface area contributed by atoms with Crippen molar-refractivity contribution in [2.75, 3.05) is 9.80 Å². The molecule has 0 radical (unpaired) electrons. The van der Waals surface area contributed by atoms with Crippen LogP contribution in [0.3, 0.4) is 0 Å². The Morgan fingerprint density at radius 2 is 1.07 bits per heavy atom. The van der Waals surface area contributed by atoms with Gasteiger partial charge >= 0.3 is 0 Å². The van der Waals surface area contributed by atoms with Gasteiger partial charge in [-0.15, -0.1) is 0 Å². The van der Waals surface area contributed by atoms with Crippen LogP contribution in [0.25, 0.3) is 33.1 Å². The van der Waals surface area contributed by atoms with Gasteiger partial charge < -0.3 is 14.2 Å². The first kappa shape index (κ1) is 36.2. The molecule has 4 heteroatoms. The van der Waals surface area contributed by atoms with E-state index in [2.05, 4.69) is 192 Å². The quantitative estimate of drug-likeness (QED) is 0.162. The number of hydrogen-bond donors (Lipinski definition) is 0. The molecule has 0 aliphatic carbocycles. The van der Waals surface area contributed by atoms with Crippen LogP contribution < -0.4 is 9.80 Å². The number of hydrogen-bond acceptors (Lipinski definition) is 3. The van der Waals surface area contributed by atoms with Crippen LogP contribution in [0.15, 0.2) is 162 Å². The Morgan fingerprint density at radius 1 is 0.473 bits per heavy atom. The first-order chi connectivity index (χ1) is 26.3. The molecule has 0 bridgehead atoms. The van der Waals surface area contributed by atoms with Crippen LogP contribution in [-0.4, -0.2) is 0 Å². The van der Waals surface area contributed by atoms with Crippen LogP contribution >= 0.6 is 11.6 Å². The minimum Gasteiger partial charge on any atom is -0.456 e. The van der Waals surface area contributed by atoms with Crippen molar-refractivity contribution in [1.82, 2.24) is 0 Å². The summed E-state index contributed by atoms with van der Waals surface area (Å²) in [5.74, 6) is 0. The second kappa shape index (κ2) is 14.1. The lowest BCUT2D eigenvalue weighted by atomic mass is 9.84. The summed E-state index contributed by atoms with van der Waals surface area (Å²) in [6.45, 7) is 15.8. The van der Waals surface area contributed by atoms with E-state index in [1.807, 2.05) is 24.3 Å². The molecule has 1 aromatic heterocycles. The molecule has 3 nitrogen and oxygen atoms in total. The highest BCUT2D eigenvalue weighted by atomic mass is 35.5. The van der Waals surface area contributed by atoms with Crippen molar-refractivity contribution in [1.29, 1.82) is 0 Å². The number of para-hydroxylation sites is 1. The van der Waals surface area contributed by atoms with Crippen molar-refractivity contribution in [3.8, 4) is 11.1 Å². The number of nitrogens with zero attached hydrogens (tertiary/aromatic N) is 2. The topological polar surface area (TPSA) is 19.6 Å². The van der Waals surface area contributed by atoms with Gasteiger partial charge in [-0.05, 0) is 119 Å². The standard InChI is InChI=1S/C51H47ClN2O/c1-34-28-41(53(40-21-14-19-38(52)32-40)45-27-26-37(51(5,6)7)31-44(45)35-16-9-8-10-17-35)33-42(29-34)54(39-20-13-18-36(30-39)50(2,3)4)46-23-15-25-48-49(46)43-22-11-12-24-47(43)55-48/h8-33H,1-7H3. The van der Waals surface area contributed by atoms with Crippen molar-refractivity contribution in [2.45, 2.75) is 59.3 Å². The van der Waals surface area contributed by atoms with Gasteiger partial charge in [0.2, 0.25) is 0 Å². The van der Waals surface area contributed by atoms with Gasteiger partial charge in [0.25, 0.3) is 0 Å². The van der Waals surface area contributed by atoms with E-state index in [9.17, 15) is 0 Å². The Morgan fingerprint density at radius 3 is 1.78 bits per heavy atom. The monoisotopic (exact) mass is 738 g/mol. The van der Waals surface area contributed by atoms with E-state index in [1.165, 1.54) is 11.1 Å². The fourth-order valence-electron chi connectivity index (χ4n) is 7.57. The lowest BCUT2D eigenvalue weighted by molar-refractivity contribution is 0.590. The number of anilines is 6. The molecule has 0 fully saturated rings. The molecule has 0 unspecified atom stereocenters. The summed E-state index contributed by atoms with van der Waals surface area (Å²) in [6.07, 6.45) is 0. The molecule has 0 N–H and O–H groups in total. The van der Waals surface area contributed by atoms with Crippen LogP contribution in [0.2, 0.25) is 5.02 Å². The molecular weight excluding hydrogens is 692 g/mol. The van der Waals surface area contributed by atoms with Crippen molar-refractivity contribution in [2.24, 2.45) is 0 Å². The Labute approximate surface area is 330 Å². The number of benzene rings is 7. The molecule has 1 heterocycles. The zero-order valence-electron chi connectivity index (χ0n) is 32.7. The van der Waals surface area contributed by atoms with E-state index >= 15 is 0 Å². The highest BCUT2D eigenvalue weighted by Crippen LogP contribution is 2.48. The van der Waals surface area contributed by atoms with Gasteiger partial charge in [0.05, 0.1) is 16.8 Å². The third-order valence-corrected chi connectivity index (χ3v) is 10.6. The first-order valence-electron chi connectivity index (χ1n) is 19.0. The van der Waals surface area contributed by atoms with Gasteiger partial charge in [-0.25, -0.2) is 0 Å². The van der Waals surface area contributed by atoms with Gasteiger partial charge in [-0.1, -0.05) is 132 Å². The smallest absolute Gasteiger partial charge is 0.137 e. The molecule has 0 saturated carbocycles. The number of aryl methyl sites for hydroxylation is 1. The normalized spacial score (nSPS) is 12.0. The van der Waals surface area contributed by atoms with E-state index in [0.717, 1.165) is 72.8 Å². The van der Waals surface area contributed by atoms with Crippen molar-refractivity contribution < 1.29 is 4.42 Å². The maximum atomic E-state index is 6.78. The molecule has 0 spiro atoms. The molecule has 274 valence electrons. The average Bonchev–Trinajstić information content (AvgIpc) is 3.54. The maximum absolute atomic E-state index is 6.78. The second-order valence-electron chi connectivity index (χ2n) is 16.6. The van der Waals surface area contributed by atoms with E-state index in [-0.39, 0.29) is 10.8 Å². The molecule has 0 aliphatic heterocycles. The van der Waals surface area contributed by atoms with E-state index in [0.29, 0.717) is 5.02 Å². The van der Waals surface area contributed by atoms with Crippen molar-refractivity contribution >= 4 is 67.7 Å². The zero-order chi connectivity index (χ0) is 38.5. The SMILES string of the molecule is Cc1cc(N(c2cccc(Cl)c2)c2ccc(C(C)(C)C)cc2-c2ccccc2)cc(N(c2cccc(C(C)(C)C)c2)c2cccc3oc4ccccc4c23)c1. The van der Waals surface area contributed by atoms with Gasteiger partial charge in [0, 0.05) is 38.7 Å². The summed E-state index contributed by atoms with van der Waals surface area (Å²) in [5, 5.41) is 2.85. The zero-order valence-corrected chi connectivity index (χ0v) is 33.4. The summed E-state index contributed by atoms with van der Waals surface area (Å²) in [6, 6.07) is 56.3. The molecule has 7 aromatic carbocycles. The second-order valence-corrected chi connectivity index (χ2v) is 17.0. The Balaban J connectivity index is 1.42. The van der Waals surface area contributed by atoms with Crippen molar-refractivity contribution in [3.63, 3.8) is 0 Å². The molecule has 0 atom stereocenters. The fraction of sp³-hybridized carbons (Fsp3) is 0.176. The number of rotatable bonds is 7. The Bertz CT molecular complexity index is 2660. The van der Waals surface area contributed by atoms with E-state index in [4.69, 9.17) is 16.0 Å². The largest absolute Gasteiger partial charge is 0.456 e. The Kier molecular flexibility index (Phi) is 9.31. The summed E-state index contributed by atoms with van der Waals surface area (Å²) >= 11 is 6.78. The van der Waals surface area contributed by atoms with Crippen LogP contribution in [0.4, 0.5) is 34.1 Å². The third kappa shape index (κ3) is 7.13. The summed E-state index contributed by atoms with van der Waals surface area (Å²) in [5.41, 5.74) is 13.9. The van der Waals surface area contributed by atoms with Crippen LogP contribution in [0, 0.1) is 6.92 Å². The molecule has 8 rings (SSSR count). The number of fused-ring (bicyclic) bond motifs is 3. The highest BCUT2D eigenvalue weighted by Gasteiger charge is 2.25. The molecule has 0 amide bonds. The number of halogens is 1.